The van der Waals surface area contributed by atoms with E-state index < -0.39 is 43.4 Å². The van der Waals surface area contributed by atoms with Crippen molar-refractivity contribution in [3.8, 4) is 0 Å². The second-order valence-corrected chi connectivity index (χ2v) is 16.9. The van der Waals surface area contributed by atoms with Crippen LogP contribution in [0.2, 0.25) is 0 Å². The first-order valence-electron chi connectivity index (χ1n) is 24.7. The summed E-state index contributed by atoms with van der Waals surface area (Å²) in [6.45, 7) is 4.44. The molecule has 6 atom stereocenters. The smallest absolute Gasteiger partial charge is 0.306 e. The second-order valence-electron chi connectivity index (χ2n) is 16.9. The fraction of sp³-hybridized carbons (Fsp3) is 0.824. The lowest BCUT2D eigenvalue weighted by molar-refractivity contribution is -0.305. The number of aliphatic hydroxyl groups excluding tert-OH is 4. The number of hydrogen-bond acceptors (Lipinski definition) is 9. The molecule has 0 spiro atoms. The van der Waals surface area contributed by atoms with Gasteiger partial charge in [-0.1, -0.05) is 197 Å². The molecule has 60 heavy (non-hydrogen) atoms. The van der Waals surface area contributed by atoms with Crippen LogP contribution < -0.4 is 0 Å². The van der Waals surface area contributed by atoms with Crippen LogP contribution >= 0.6 is 0 Å². The van der Waals surface area contributed by atoms with Gasteiger partial charge in [-0.3, -0.25) is 4.79 Å². The van der Waals surface area contributed by atoms with Crippen LogP contribution in [0.3, 0.4) is 0 Å². The van der Waals surface area contributed by atoms with Gasteiger partial charge in [-0.05, 0) is 51.4 Å². The van der Waals surface area contributed by atoms with Crippen LogP contribution in [0.25, 0.3) is 0 Å². The summed E-state index contributed by atoms with van der Waals surface area (Å²) in [5.74, 6) is -0.316. The number of hydrogen-bond donors (Lipinski definition) is 4. The normalized spacial score (nSPS) is 20.4. The molecule has 9 heteroatoms. The molecule has 9 nitrogen and oxygen atoms in total. The van der Waals surface area contributed by atoms with E-state index >= 15 is 0 Å². The Morgan fingerprint density at radius 2 is 1.02 bits per heavy atom. The summed E-state index contributed by atoms with van der Waals surface area (Å²) < 4.78 is 22.9. The highest BCUT2D eigenvalue weighted by Gasteiger charge is 2.44. The van der Waals surface area contributed by atoms with Crippen LogP contribution in [0.1, 0.15) is 206 Å². The summed E-state index contributed by atoms with van der Waals surface area (Å²) in [7, 11) is 0. The second kappa shape index (κ2) is 42.5. The lowest BCUT2D eigenvalue weighted by Gasteiger charge is -2.39. The predicted molar refractivity (Wildman–Crippen MR) is 247 cm³/mol. The largest absolute Gasteiger partial charge is 0.457 e. The number of rotatable bonds is 42. The number of carbonyl (C=O) groups is 1. The Balaban J connectivity index is 2.23. The molecule has 1 aliphatic heterocycles. The van der Waals surface area contributed by atoms with E-state index in [0.717, 1.165) is 70.6 Å². The number of carbonyl (C=O) groups excluding carboxylic acids is 1. The van der Waals surface area contributed by atoms with Crippen LogP contribution in [0.4, 0.5) is 0 Å². The molecule has 1 rings (SSSR count). The monoisotopic (exact) mass is 849 g/mol. The van der Waals surface area contributed by atoms with Crippen molar-refractivity contribution in [2.24, 2.45) is 0 Å². The molecule has 350 valence electrons. The molecule has 0 bridgehead atoms. The van der Waals surface area contributed by atoms with E-state index in [0.29, 0.717) is 13.0 Å². The Morgan fingerprint density at radius 1 is 0.550 bits per heavy atom. The molecule has 0 saturated carbocycles. The molecule has 4 N–H and O–H groups in total. The van der Waals surface area contributed by atoms with Crippen molar-refractivity contribution in [2.45, 2.75) is 243 Å². The Morgan fingerprint density at radius 3 is 1.53 bits per heavy atom. The zero-order chi connectivity index (χ0) is 43.6. The SMILES string of the molecule is CC/C=C\C/C=C\C/C=C\C/C=C\CCCCCCCCCOCC(COC1OC(CO)C(O)C(O)C1O)OC(=O)CCCCCCCCCCCCCCCCCCC. The van der Waals surface area contributed by atoms with E-state index in [9.17, 15) is 25.2 Å². The lowest BCUT2D eigenvalue weighted by atomic mass is 9.99. The number of ether oxygens (including phenoxy) is 4. The van der Waals surface area contributed by atoms with Gasteiger partial charge in [0.25, 0.3) is 0 Å². The minimum Gasteiger partial charge on any atom is -0.457 e. The molecular formula is C51H92O9. The van der Waals surface area contributed by atoms with Gasteiger partial charge in [0, 0.05) is 13.0 Å². The standard InChI is InChI=1S/C51H92O9/c1-3-5-7-9-11-13-15-17-19-21-22-23-25-27-29-31-33-35-37-39-41-57-43-45(44-58-51-50(56)49(55)48(54)46(42-52)60-51)59-47(53)40-38-36-34-32-30-28-26-24-20-18-16-14-12-10-8-6-4-2/h5,7,11,13,17,19,22-23,45-46,48-52,54-56H,3-4,6,8-10,12,14-16,18,20-21,24-44H2,1-2H3/b7-5-,13-11-,19-17-,23-22-. The molecule has 0 radical (unpaired) electrons. The molecule has 0 aromatic rings. The molecule has 6 unspecified atom stereocenters. The van der Waals surface area contributed by atoms with Gasteiger partial charge in [-0.25, -0.2) is 0 Å². The summed E-state index contributed by atoms with van der Waals surface area (Å²) in [5.41, 5.74) is 0. The van der Waals surface area contributed by atoms with E-state index in [1.165, 1.54) is 116 Å². The number of allylic oxidation sites excluding steroid dienone is 8. The topological polar surface area (TPSA) is 135 Å². The van der Waals surface area contributed by atoms with Gasteiger partial charge >= 0.3 is 5.97 Å². The quantitative estimate of drug-likeness (QED) is 0.0269. The summed E-state index contributed by atoms with van der Waals surface area (Å²) in [5, 5.41) is 40.2. The van der Waals surface area contributed by atoms with E-state index in [1.54, 1.807) is 0 Å². The Kier molecular flexibility index (Phi) is 39.7. The van der Waals surface area contributed by atoms with Crippen LogP contribution in [0.5, 0.6) is 0 Å². The first kappa shape index (κ1) is 56.2. The predicted octanol–water partition coefficient (Wildman–Crippen LogP) is 11.7. The molecular weight excluding hydrogens is 757 g/mol. The zero-order valence-corrected chi connectivity index (χ0v) is 38.5. The van der Waals surface area contributed by atoms with Gasteiger partial charge in [0.1, 0.15) is 30.5 Å². The van der Waals surface area contributed by atoms with Crippen LogP contribution in [0.15, 0.2) is 48.6 Å². The molecule has 1 saturated heterocycles. The van der Waals surface area contributed by atoms with E-state index in [1.807, 2.05) is 0 Å². The van der Waals surface area contributed by atoms with Gasteiger partial charge in [0.05, 0.1) is 19.8 Å². The van der Waals surface area contributed by atoms with E-state index in [2.05, 4.69) is 62.5 Å². The molecule has 1 fully saturated rings. The van der Waals surface area contributed by atoms with Crippen LogP contribution in [0, 0.1) is 0 Å². The highest BCUT2D eigenvalue weighted by Crippen LogP contribution is 2.23. The van der Waals surface area contributed by atoms with Gasteiger partial charge in [-0.2, -0.15) is 0 Å². The molecule has 0 aliphatic carbocycles. The van der Waals surface area contributed by atoms with Crippen LogP contribution in [-0.4, -0.2) is 89.6 Å². The summed E-state index contributed by atoms with van der Waals surface area (Å²) in [6, 6.07) is 0. The van der Waals surface area contributed by atoms with E-state index in [-0.39, 0.29) is 19.2 Å². The molecule has 0 aromatic heterocycles. The maximum Gasteiger partial charge on any atom is 0.306 e. The summed E-state index contributed by atoms with van der Waals surface area (Å²) in [4.78, 5) is 12.8. The first-order valence-corrected chi connectivity index (χ1v) is 24.7. The lowest BCUT2D eigenvalue weighted by Crippen LogP contribution is -2.59. The van der Waals surface area contributed by atoms with Crippen molar-refractivity contribution < 1.29 is 44.2 Å². The summed E-state index contributed by atoms with van der Waals surface area (Å²) in [6.07, 6.45) is 45.6. The Labute approximate surface area is 367 Å². The molecule has 1 aliphatic rings. The maximum absolute atomic E-state index is 12.8. The minimum absolute atomic E-state index is 0.117. The Hall–Kier alpha value is -1.85. The molecule has 0 aromatic carbocycles. The van der Waals surface area contributed by atoms with Gasteiger partial charge in [0.15, 0.2) is 6.29 Å². The number of esters is 1. The minimum atomic E-state index is -1.54. The zero-order valence-electron chi connectivity index (χ0n) is 38.5. The van der Waals surface area contributed by atoms with Gasteiger partial charge in [-0.15, -0.1) is 0 Å². The number of aliphatic hydroxyl groups is 4. The first-order chi connectivity index (χ1) is 29.4. The average Bonchev–Trinajstić information content (AvgIpc) is 3.25. The van der Waals surface area contributed by atoms with Gasteiger partial charge in [0.2, 0.25) is 0 Å². The van der Waals surface area contributed by atoms with Crippen molar-refractivity contribution >= 4 is 5.97 Å². The maximum atomic E-state index is 12.8. The van der Waals surface area contributed by atoms with Crippen molar-refractivity contribution in [2.75, 3.05) is 26.4 Å². The fourth-order valence-corrected chi connectivity index (χ4v) is 7.43. The summed E-state index contributed by atoms with van der Waals surface area (Å²) >= 11 is 0. The molecule has 1 heterocycles. The van der Waals surface area contributed by atoms with Crippen LogP contribution in [-0.2, 0) is 23.7 Å². The van der Waals surface area contributed by atoms with Gasteiger partial charge < -0.3 is 39.4 Å². The highest BCUT2D eigenvalue weighted by molar-refractivity contribution is 5.69. The van der Waals surface area contributed by atoms with Crippen molar-refractivity contribution in [3.63, 3.8) is 0 Å². The van der Waals surface area contributed by atoms with Crippen molar-refractivity contribution in [1.82, 2.24) is 0 Å². The highest BCUT2D eigenvalue weighted by atomic mass is 16.7. The Bertz CT molecular complexity index is 1060. The number of unbranched alkanes of at least 4 members (excludes halogenated alkanes) is 23. The third-order valence-electron chi connectivity index (χ3n) is 11.3. The fourth-order valence-electron chi connectivity index (χ4n) is 7.43. The average molecular weight is 849 g/mol. The van der Waals surface area contributed by atoms with Crippen molar-refractivity contribution in [3.05, 3.63) is 48.6 Å². The van der Waals surface area contributed by atoms with Crippen molar-refractivity contribution in [1.29, 1.82) is 0 Å². The third-order valence-corrected chi connectivity index (χ3v) is 11.3. The third kappa shape index (κ3) is 32.8. The van der Waals surface area contributed by atoms with E-state index in [4.69, 9.17) is 18.9 Å². The molecule has 0 amide bonds.